The van der Waals surface area contributed by atoms with Crippen LogP contribution in [0.4, 0.5) is 4.79 Å². The lowest BCUT2D eigenvalue weighted by molar-refractivity contribution is -0.145. The van der Waals surface area contributed by atoms with E-state index in [1.807, 2.05) is 30.3 Å². The van der Waals surface area contributed by atoms with Gasteiger partial charge in [-0.3, -0.25) is 4.79 Å². The van der Waals surface area contributed by atoms with E-state index in [0.29, 0.717) is 6.42 Å². The summed E-state index contributed by atoms with van der Waals surface area (Å²) in [5, 5.41) is 2.65. The zero-order valence-electron chi connectivity index (χ0n) is 13.8. The van der Waals surface area contributed by atoms with Crippen molar-refractivity contribution in [2.45, 2.75) is 51.9 Å². The number of amides is 1. The minimum absolute atomic E-state index is 0.181. The lowest BCUT2D eigenvalue weighted by atomic mass is 10.2. The van der Waals surface area contributed by atoms with E-state index in [0.717, 1.165) is 5.56 Å². The van der Waals surface area contributed by atoms with Crippen molar-refractivity contribution in [2.24, 2.45) is 0 Å². The second kappa shape index (κ2) is 9.40. The van der Waals surface area contributed by atoms with Crippen LogP contribution in [0, 0.1) is 0 Å². The number of alkyl halides is 1. The first kappa shape index (κ1) is 19.3. The molecule has 0 radical (unpaired) electrons. The van der Waals surface area contributed by atoms with Crippen LogP contribution in [0.15, 0.2) is 30.3 Å². The summed E-state index contributed by atoms with van der Waals surface area (Å²) in [6.07, 6.45) is 0.0388. The number of carbonyl (C=O) groups is 2. The molecule has 128 valence electrons. The summed E-state index contributed by atoms with van der Waals surface area (Å²) < 4.78 is 10.3. The highest BCUT2D eigenvalue weighted by Gasteiger charge is 2.19. The third kappa shape index (κ3) is 9.08. The number of carbonyl (C=O) groups excluding carboxylic acids is 2. The van der Waals surface area contributed by atoms with E-state index in [-0.39, 0.29) is 30.9 Å². The molecule has 0 bridgehead atoms. The van der Waals surface area contributed by atoms with Crippen LogP contribution in [0.5, 0.6) is 0 Å². The summed E-state index contributed by atoms with van der Waals surface area (Å²) in [7, 11) is 0. The quantitative estimate of drug-likeness (QED) is 0.607. The molecule has 1 atom stereocenters. The molecule has 0 aliphatic carbocycles. The fraction of sp³-hybridized carbons (Fsp3) is 0.529. The van der Waals surface area contributed by atoms with Gasteiger partial charge in [-0.25, -0.2) is 4.79 Å². The molecule has 0 aliphatic rings. The number of ether oxygens (including phenoxy) is 2. The average molecular weight is 342 g/mol. The summed E-state index contributed by atoms with van der Waals surface area (Å²) in [6, 6.07) is 9.11. The molecule has 6 heteroatoms. The van der Waals surface area contributed by atoms with Crippen LogP contribution < -0.4 is 5.32 Å². The van der Waals surface area contributed by atoms with Crippen molar-refractivity contribution in [2.75, 3.05) is 5.88 Å². The molecule has 0 spiro atoms. The first-order chi connectivity index (χ1) is 10.8. The van der Waals surface area contributed by atoms with Crippen LogP contribution in [0.25, 0.3) is 0 Å². The summed E-state index contributed by atoms with van der Waals surface area (Å²) >= 11 is 5.82. The molecule has 0 saturated heterocycles. The molecule has 0 fully saturated rings. The van der Waals surface area contributed by atoms with E-state index in [2.05, 4.69) is 5.32 Å². The van der Waals surface area contributed by atoms with Gasteiger partial charge in [-0.1, -0.05) is 30.3 Å². The Morgan fingerprint density at radius 1 is 1.22 bits per heavy atom. The van der Waals surface area contributed by atoms with Crippen molar-refractivity contribution in [3.63, 3.8) is 0 Å². The molecule has 0 aliphatic heterocycles. The van der Waals surface area contributed by atoms with Gasteiger partial charge in [0.1, 0.15) is 12.2 Å². The molecule has 0 saturated carbocycles. The minimum atomic E-state index is -0.574. The van der Waals surface area contributed by atoms with Gasteiger partial charge in [-0.2, -0.15) is 0 Å². The number of benzene rings is 1. The molecule has 1 rings (SSSR count). The third-order valence-corrected chi connectivity index (χ3v) is 3.22. The van der Waals surface area contributed by atoms with Crippen LogP contribution >= 0.6 is 11.6 Å². The SMILES string of the molecule is CC(C)(C)OC(=O)N[C@@H](CCl)CCC(=O)OCc1ccccc1. The highest BCUT2D eigenvalue weighted by Crippen LogP contribution is 2.09. The summed E-state index contributed by atoms with van der Waals surface area (Å²) in [4.78, 5) is 23.4. The molecule has 1 amide bonds. The van der Waals surface area contributed by atoms with Crippen LogP contribution in [0.2, 0.25) is 0 Å². The molecule has 1 aromatic carbocycles. The molecule has 0 heterocycles. The number of esters is 1. The first-order valence-electron chi connectivity index (χ1n) is 7.55. The van der Waals surface area contributed by atoms with Crippen molar-refractivity contribution in [1.82, 2.24) is 5.32 Å². The standard InChI is InChI=1S/C17H24ClNO4/c1-17(2,3)23-16(21)19-14(11-18)9-10-15(20)22-12-13-7-5-4-6-8-13/h4-8,14H,9-12H2,1-3H3,(H,19,21)/t14-/m1/s1. The number of hydrogen-bond acceptors (Lipinski definition) is 4. The summed E-state index contributed by atoms with van der Waals surface area (Å²) in [6.45, 7) is 5.58. The smallest absolute Gasteiger partial charge is 0.407 e. The van der Waals surface area contributed by atoms with E-state index >= 15 is 0 Å². The fourth-order valence-corrected chi connectivity index (χ4v) is 2.00. The number of hydrogen-bond donors (Lipinski definition) is 1. The normalized spacial score (nSPS) is 12.3. The average Bonchev–Trinajstić information content (AvgIpc) is 2.48. The van der Waals surface area contributed by atoms with Crippen LogP contribution in [-0.4, -0.2) is 29.6 Å². The van der Waals surface area contributed by atoms with Crippen LogP contribution in [0.1, 0.15) is 39.2 Å². The van der Waals surface area contributed by atoms with Gasteiger partial charge in [0.25, 0.3) is 0 Å². The van der Waals surface area contributed by atoms with Gasteiger partial charge in [0, 0.05) is 18.3 Å². The lowest BCUT2D eigenvalue weighted by Gasteiger charge is -2.22. The van der Waals surface area contributed by atoms with Gasteiger partial charge in [-0.15, -0.1) is 11.6 Å². The van der Waals surface area contributed by atoms with Crippen molar-refractivity contribution in [1.29, 1.82) is 0 Å². The molecule has 23 heavy (non-hydrogen) atoms. The number of halogens is 1. The molecule has 1 aromatic rings. The Balaban J connectivity index is 2.30. The van der Waals surface area contributed by atoms with Gasteiger partial charge < -0.3 is 14.8 Å². The predicted molar refractivity (Wildman–Crippen MR) is 89.3 cm³/mol. The zero-order valence-corrected chi connectivity index (χ0v) is 14.6. The van der Waals surface area contributed by atoms with Crippen molar-refractivity contribution in [3.05, 3.63) is 35.9 Å². The maximum Gasteiger partial charge on any atom is 0.407 e. The predicted octanol–water partition coefficient (Wildman–Crippen LogP) is 3.64. The minimum Gasteiger partial charge on any atom is -0.461 e. The Kier molecular flexibility index (Phi) is 7.89. The van der Waals surface area contributed by atoms with E-state index in [1.54, 1.807) is 20.8 Å². The van der Waals surface area contributed by atoms with Crippen LogP contribution in [0.3, 0.4) is 0 Å². The summed E-state index contributed by atoms with van der Waals surface area (Å²) in [5.74, 6) is -0.125. The molecule has 0 unspecified atom stereocenters. The van der Waals surface area contributed by atoms with Crippen molar-refractivity contribution >= 4 is 23.7 Å². The van der Waals surface area contributed by atoms with Gasteiger partial charge in [-0.05, 0) is 32.8 Å². The highest BCUT2D eigenvalue weighted by atomic mass is 35.5. The Labute approximate surface area is 142 Å². The lowest BCUT2D eigenvalue weighted by Crippen LogP contribution is -2.40. The topological polar surface area (TPSA) is 64.6 Å². The van der Waals surface area contributed by atoms with E-state index < -0.39 is 11.7 Å². The van der Waals surface area contributed by atoms with E-state index in [9.17, 15) is 9.59 Å². The van der Waals surface area contributed by atoms with Gasteiger partial charge >= 0.3 is 12.1 Å². The Morgan fingerprint density at radius 2 is 1.87 bits per heavy atom. The molecule has 0 aromatic heterocycles. The van der Waals surface area contributed by atoms with Crippen molar-refractivity contribution in [3.8, 4) is 0 Å². The Bertz CT molecular complexity index is 499. The Hall–Kier alpha value is -1.75. The molecular weight excluding hydrogens is 318 g/mol. The largest absolute Gasteiger partial charge is 0.461 e. The fourth-order valence-electron chi connectivity index (χ4n) is 1.76. The maximum atomic E-state index is 11.7. The zero-order chi connectivity index (χ0) is 17.3. The van der Waals surface area contributed by atoms with Gasteiger partial charge in [0.15, 0.2) is 0 Å². The molecule has 1 N–H and O–H groups in total. The molecular formula is C17H24ClNO4. The van der Waals surface area contributed by atoms with Gasteiger partial charge in [0.05, 0.1) is 0 Å². The van der Waals surface area contributed by atoms with Crippen LogP contribution in [-0.2, 0) is 20.9 Å². The maximum absolute atomic E-state index is 11.7. The van der Waals surface area contributed by atoms with E-state index in [1.165, 1.54) is 0 Å². The number of alkyl carbamates (subject to hydrolysis) is 1. The second-order valence-corrected chi connectivity index (χ2v) is 6.49. The monoisotopic (exact) mass is 341 g/mol. The van der Waals surface area contributed by atoms with Crippen molar-refractivity contribution < 1.29 is 19.1 Å². The van der Waals surface area contributed by atoms with Gasteiger partial charge in [0.2, 0.25) is 0 Å². The number of nitrogens with one attached hydrogen (secondary N) is 1. The number of rotatable bonds is 7. The second-order valence-electron chi connectivity index (χ2n) is 6.18. The summed E-state index contributed by atoms with van der Waals surface area (Å²) in [5.41, 5.74) is 0.358. The van der Waals surface area contributed by atoms with E-state index in [4.69, 9.17) is 21.1 Å². The Morgan fingerprint density at radius 3 is 2.43 bits per heavy atom. The highest BCUT2D eigenvalue weighted by molar-refractivity contribution is 6.18. The first-order valence-corrected chi connectivity index (χ1v) is 8.08. The molecule has 5 nitrogen and oxygen atoms in total. The third-order valence-electron chi connectivity index (χ3n) is 2.85.